The highest BCUT2D eigenvalue weighted by molar-refractivity contribution is 7.98. The average Bonchev–Trinajstić information content (AvgIpc) is 3.85. The number of thiol groups is 1. The molecule has 10 atom stereocenters. The molecule has 0 bridgehead atoms. The lowest BCUT2D eigenvalue weighted by atomic mass is 10.0. The molecule has 1 aliphatic heterocycles. The van der Waals surface area contributed by atoms with Gasteiger partial charge in [-0.3, -0.25) is 43.2 Å². The van der Waals surface area contributed by atoms with Crippen molar-refractivity contribution in [3.63, 3.8) is 0 Å². The van der Waals surface area contributed by atoms with Crippen molar-refractivity contribution < 1.29 is 73.5 Å². The van der Waals surface area contributed by atoms with E-state index in [1.165, 1.54) is 60.0 Å². The first kappa shape index (κ1) is 62.6. The Morgan fingerprint density at radius 2 is 1.19 bits per heavy atom. The number of primary amides is 1. The number of carbonyl (C=O) groups excluding carboxylic acids is 9. The topological polar surface area (TPSA) is 411 Å². The molecule has 25 nitrogen and oxygen atoms in total. The Hall–Kier alpha value is -6.68. The zero-order valence-corrected chi connectivity index (χ0v) is 43.7. The molecule has 0 saturated carbocycles. The zero-order valence-electron chi connectivity index (χ0n) is 42.0. The number of benzene rings is 2. The van der Waals surface area contributed by atoms with E-state index in [1.54, 1.807) is 32.2 Å². The molecule has 0 aliphatic carbocycles. The molecular weight excluding hydrogens is 1020 g/mol. The summed E-state index contributed by atoms with van der Waals surface area (Å²) >= 11 is 5.51. The molecular formula is C48H70N10O15S2. The standard InChI is InChI=1S/C48H70N10O15S2/c1-24(2)18-33(47(71)58-16-5-6-37(58)45(69)57-39(25(3)60)46(70)54-34(48(72)73)20-27-9-13-29(62)14-10-27)53-43(67)35(22-59)55-44(68)36(23-74)56-42(66)32(21-38(50)63)52-41(65)31(15-17-75-4)51-40(64)30(49)19-26-7-11-28(61)12-8-26/h7-14,24-25,30-37,39,59-62,74H,5-6,15-23,49H2,1-4H3,(H2,50,63)(H,51,64)(H,52,65)(H,53,67)(H,54,70)(H,55,68)(H,56,66)(H,57,69)(H,72,73)/t25-,30+,31+,32+,33+,34+,35+,36+,37+,39+/m1/s1. The first-order chi connectivity index (χ1) is 35.4. The molecule has 2 aromatic carbocycles. The van der Waals surface area contributed by atoms with E-state index in [0.29, 0.717) is 23.3 Å². The smallest absolute Gasteiger partial charge is 0.326 e. The molecule has 1 heterocycles. The van der Waals surface area contributed by atoms with Crippen molar-refractivity contribution in [1.82, 2.24) is 42.1 Å². The number of amides is 9. The second kappa shape index (κ2) is 30.6. The number of aliphatic hydroxyl groups is 2. The van der Waals surface area contributed by atoms with Gasteiger partial charge in [0.2, 0.25) is 53.2 Å². The van der Waals surface area contributed by atoms with Crippen LogP contribution in [0, 0.1) is 5.92 Å². The number of thioether (sulfide) groups is 1. The number of hydrogen-bond acceptors (Lipinski definition) is 17. The number of aliphatic carboxylic acids is 1. The largest absolute Gasteiger partial charge is 0.508 e. The van der Waals surface area contributed by atoms with Crippen molar-refractivity contribution in [2.45, 2.75) is 126 Å². The molecule has 3 rings (SSSR count). The van der Waals surface area contributed by atoms with Gasteiger partial charge in [-0.2, -0.15) is 24.4 Å². The van der Waals surface area contributed by atoms with Gasteiger partial charge in [0.15, 0.2) is 0 Å². The number of nitrogens with two attached hydrogens (primary N) is 2. The Balaban J connectivity index is 1.70. The van der Waals surface area contributed by atoms with Gasteiger partial charge in [-0.25, -0.2) is 4.79 Å². The number of nitrogens with one attached hydrogen (secondary N) is 7. The van der Waals surface area contributed by atoms with Crippen molar-refractivity contribution in [2.75, 3.05) is 30.9 Å². The lowest BCUT2D eigenvalue weighted by molar-refractivity contribution is -0.144. The summed E-state index contributed by atoms with van der Waals surface area (Å²) in [6.07, 6.45) is -0.156. The van der Waals surface area contributed by atoms with Gasteiger partial charge in [0.1, 0.15) is 59.8 Å². The molecule has 1 aliphatic rings. The van der Waals surface area contributed by atoms with Gasteiger partial charge in [-0.1, -0.05) is 38.1 Å². The van der Waals surface area contributed by atoms with Crippen molar-refractivity contribution >= 4 is 83.5 Å². The maximum absolute atomic E-state index is 14.2. The summed E-state index contributed by atoms with van der Waals surface area (Å²) in [6.45, 7) is 3.71. The molecule has 0 radical (unpaired) electrons. The second-order valence-electron chi connectivity index (χ2n) is 18.4. The monoisotopic (exact) mass is 1090 g/mol. The van der Waals surface area contributed by atoms with E-state index < -0.39 is 138 Å². The summed E-state index contributed by atoms with van der Waals surface area (Å²) < 4.78 is 0. The molecule has 75 heavy (non-hydrogen) atoms. The van der Waals surface area contributed by atoms with Gasteiger partial charge in [0.25, 0.3) is 0 Å². The van der Waals surface area contributed by atoms with Crippen LogP contribution in [-0.4, -0.2) is 181 Å². The lowest BCUT2D eigenvalue weighted by Gasteiger charge is -2.31. The predicted molar refractivity (Wildman–Crippen MR) is 276 cm³/mol. The van der Waals surface area contributed by atoms with Gasteiger partial charge in [0.05, 0.1) is 25.2 Å². The first-order valence-corrected chi connectivity index (χ1v) is 26.1. The van der Waals surface area contributed by atoms with Crippen LogP contribution in [-0.2, 0) is 60.8 Å². The third-order valence-corrected chi connectivity index (χ3v) is 12.9. The number of nitrogens with zero attached hydrogens (tertiary/aromatic N) is 1. The Morgan fingerprint density at radius 3 is 1.71 bits per heavy atom. The molecule has 0 spiro atoms. The van der Waals surface area contributed by atoms with Crippen molar-refractivity contribution in [1.29, 1.82) is 0 Å². The maximum Gasteiger partial charge on any atom is 0.326 e. The summed E-state index contributed by atoms with van der Waals surface area (Å²) in [5.41, 5.74) is 12.6. The number of carboxylic acid groups (broad SMARTS) is 1. The Kier molecular flexibility index (Phi) is 25.6. The highest BCUT2D eigenvalue weighted by Crippen LogP contribution is 2.22. The second-order valence-corrected chi connectivity index (χ2v) is 19.8. The molecule has 0 aromatic heterocycles. The zero-order chi connectivity index (χ0) is 56.1. The van der Waals surface area contributed by atoms with Crippen molar-refractivity contribution in [3.05, 3.63) is 59.7 Å². The molecule has 0 unspecified atom stereocenters. The molecule has 2 aromatic rings. The van der Waals surface area contributed by atoms with Gasteiger partial charge in [0, 0.05) is 18.7 Å². The van der Waals surface area contributed by atoms with Gasteiger partial charge < -0.3 is 79.1 Å². The molecule has 16 N–H and O–H groups in total. The van der Waals surface area contributed by atoms with Crippen LogP contribution in [0.1, 0.15) is 64.0 Å². The van der Waals surface area contributed by atoms with Crippen LogP contribution < -0.4 is 48.7 Å². The van der Waals surface area contributed by atoms with Crippen LogP contribution in [0.25, 0.3) is 0 Å². The number of phenolic OH excluding ortho intramolecular Hbond substituents is 2. The van der Waals surface area contributed by atoms with Gasteiger partial charge in [-0.05, 0) is 92.3 Å². The number of aromatic hydroxyl groups is 2. The molecule has 414 valence electrons. The van der Waals surface area contributed by atoms with E-state index >= 15 is 0 Å². The summed E-state index contributed by atoms with van der Waals surface area (Å²) in [5.74, 6) is -10.1. The Morgan fingerprint density at radius 1 is 0.693 bits per heavy atom. The highest BCUT2D eigenvalue weighted by Gasteiger charge is 2.41. The number of rotatable bonds is 30. The summed E-state index contributed by atoms with van der Waals surface area (Å²) in [7, 11) is 0. The van der Waals surface area contributed by atoms with Gasteiger partial charge >= 0.3 is 5.97 Å². The van der Waals surface area contributed by atoms with E-state index in [-0.39, 0.29) is 56.1 Å². The van der Waals surface area contributed by atoms with Crippen LogP contribution in [0.4, 0.5) is 0 Å². The SMILES string of the molecule is CSCC[C@H](NC(=O)[C@@H](N)Cc1ccc(O)cc1)C(=O)N[C@@H](CC(N)=O)C(=O)N[C@@H](CS)C(=O)N[C@@H](CO)C(=O)N[C@@H](CC(C)C)C(=O)N1CCC[C@H]1C(=O)N[C@H](C(=O)N[C@@H](Cc1ccc(O)cc1)C(=O)O)[C@@H](C)O. The van der Waals surface area contributed by atoms with E-state index in [1.807, 2.05) is 0 Å². The fourth-order valence-corrected chi connectivity index (χ4v) is 8.56. The molecule has 9 amide bonds. The first-order valence-electron chi connectivity index (χ1n) is 24.0. The summed E-state index contributed by atoms with van der Waals surface area (Å²) in [4.78, 5) is 134. The van der Waals surface area contributed by atoms with Crippen molar-refractivity contribution in [3.8, 4) is 11.5 Å². The fraction of sp³-hybridized carbons (Fsp3) is 0.542. The minimum absolute atomic E-state index is 0.00848. The normalized spacial score (nSPS) is 16.8. The number of aliphatic hydroxyl groups excluding tert-OH is 2. The number of hydrogen-bond donors (Lipinski definition) is 15. The molecule has 1 fully saturated rings. The van der Waals surface area contributed by atoms with Gasteiger partial charge in [-0.15, -0.1) is 0 Å². The maximum atomic E-state index is 14.2. The minimum atomic E-state index is -1.73. The number of carboxylic acids is 1. The summed E-state index contributed by atoms with van der Waals surface area (Å²) in [5, 5.41) is 66.7. The van der Waals surface area contributed by atoms with Crippen LogP contribution in [0.15, 0.2) is 48.5 Å². The van der Waals surface area contributed by atoms with Crippen LogP contribution in [0.3, 0.4) is 0 Å². The third-order valence-electron chi connectivity index (χ3n) is 11.9. The highest BCUT2D eigenvalue weighted by atomic mass is 32.2. The quantitative estimate of drug-likeness (QED) is 0.0340. The number of carbonyl (C=O) groups is 10. The van der Waals surface area contributed by atoms with Crippen LogP contribution >= 0.6 is 24.4 Å². The third kappa shape index (κ3) is 20.2. The van der Waals surface area contributed by atoms with Crippen LogP contribution in [0.2, 0.25) is 0 Å². The molecule has 1 saturated heterocycles. The van der Waals surface area contributed by atoms with E-state index in [0.717, 1.165) is 0 Å². The van der Waals surface area contributed by atoms with E-state index in [2.05, 4.69) is 49.8 Å². The minimum Gasteiger partial charge on any atom is -0.508 e. The van der Waals surface area contributed by atoms with Crippen molar-refractivity contribution in [2.24, 2.45) is 17.4 Å². The van der Waals surface area contributed by atoms with Crippen LogP contribution in [0.5, 0.6) is 11.5 Å². The number of likely N-dealkylation sites (tertiary alicyclic amines) is 1. The summed E-state index contributed by atoms with van der Waals surface area (Å²) in [6, 6.07) is -1.42. The van der Waals surface area contributed by atoms with E-state index in [9.17, 15) is 73.5 Å². The lowest BCUT2D eigenvalue weighted by Crippen LogP contribution is -2.62. The number of phenols is 2. The Bertz CT molecular complexity index is 2310. The Labute approximate surface area is 443 Å². The van der Waals surface area contributed by atoms with E-state index in [4.69, 9.17) is 11.5 Å². The average molecular weight is 1090 g/mol. The molecule has 27 heteroatoms. The fourth-order valence-electron chi connectivity index (χ4n) is 7.83. The predicted octanol–water partition coefficient (Wildman–Crippen LogP) is -3.34.